The Balaban J connectivity index is 1.73. The van der Waals surface area contributed by atoms with Gasteiger partial charge < -0.3 is 9.80 Å². The smallest absolute Gasteiger partial charge is 0.325 e. The first-order valence-electron chi connectivity index (χ1n) is 10.5. The molecule has 2 heterocycles. The highest BCUT2D eigenvalue weighted by Crippen LogP contribution is 2.24. The van der Waals surface area contributed by atoms with Gasteiger partial charge in [0.05, 0.1) is 5.71 Å². The minimum Gasteiger partial charge on any atom is -0.326 e. The molecule has 1 saturated heterocycles. The van der Waals surface area contributed by atoms with Gasteiger partial charge in [0.25, 0.3) is 5.91 Å². The van der Waals surface area contributed by atoms with E-state index in [0.717, 1.165) is 37.0 Å². The molecule has 2 atom stereocenters. The van der Waals surface area contributed by atoms with Crippen molar-refractivity contribution in [2.45, 2.75) is 51.7 Å². The number of guanidine groups is 1. The lowest BCUT2D eigenvalue weighted by Crippen LogP contribution is -2.64. The number of imide groups is 1. The number of unbranched alkanes of at least 4 members (excludes halogenated alkanes) is 3. The first kappa shape index (κ1) is 21.5. The van der Waals surface area contributed by atoms with E-state index in [4.69, 9.17) is 0 Å². The molecule has 160 valence electrons. The fraction of sp³-hybridized carbons (Fsp3) is 0.455. The second-order valence-electron chi connectivity index (χ2n) is 7.58. The van der Waals surface area contributed by atoms with Crippen molar-refractivity contribution < 1.29 is 9.59 Å². The monoisotopic (exact) mass is 410 g/mol. The summed E-state index contributed by atoms with van der Waals surface area (Å²) in [5.74, 6) is 0.203. The zero-order valence-corrected chi connectivity index (χ0v) is 17.8. The highest BCUT2D eigenvalue weighted by molar-refractivity contribution is 6.04. The predicted molar refractivity (Wildman–Crippen MR) is 119 cm³/mol. The third-order valence-electron chi connectivity index (χ3n) is 5.26. The van der Waals surface area contributed by atoms with E-state index in [1.54, 1.807) is 7.05 Å². The Labute approximate surface area is 177 Å². The molecule has 2 unspecified atom stereocenters. The number of nitrogens with zero attached hydrogens (tertiary/aromatic N) is 4. The van der Waals surface area contributed by atoms with E-state index in [9.17, 15) is 9.59 Å². The lowest BCUT2D eigenvalue weighted by atomic mass is 10.1. The van der Waals surface area contributed by atoms with E-state index in [-0.39, 0.29) is 5.91 Å². The summed E-state index contributed by atoms with van der Waals surface area (Å²) in [6, 6.07) is 9.02. The number of fused-ring (bicyclic) bond motifs is 1. The Bertz CT molecular complexity index is 848. The minimum absolute atomic E-state index is 0.316. The van der Waals surface area contributed by atoms with Crippen molar-refractivity contribution in [3.05, 3.63) is 42.0 Å². The Kier molecular flexibility index (Phi) is 7.21. The molecule has 8 nitrogen and oxygen atoms in total. The van der Waals surface area contributed by atoms with Crippen LogP contribution in [0.4, 0.5) is 4.79 Å². The number of hydrogen-bond acceptors (Lipinski definition) is 6. The first-order valence-corrected chi connectivity index (χ1v) is 10.5. The fourth-order valence-electron chi connectivity index (χ4n) is 3.53. The van der Waals surface area contributed by atoms with E-state index in [1.807, 2.05) is 54.3 Å². The lowest BCUT2D eigenvalue weighted by molar-refractivity contribution is -0.127. The Hall–Kier alpha value is -3.16. The van der Waals surface area contributed by atoms with Crippen LogP contribution in [0.15, 0.2) is 46.5 Å². The molecule has 0 radical (unpaired) electrons. The largest absolute Gasteiger partial charge is 0.326 e. The lowest BCUT2D eigenvalue weighted by Gasteiger charge is -2.36. The Morgan fingerprint density at radius 2 is 2.00 bits per heavy atom. The number of hydrazone groups is 1. The summed E-state index contributed by atoms with van der Waals surface area (Å²) in [6.07, 6.45) is 7.66. The number of amides is 3. The summed E-state index contributed by atoms with van der Waals surface area (Å²) in [5, 5.41) is 6.83. The van der Waals surface area contributed by atoms with Crippen LogP contribution in [0.2, 0.25) is 0 Å². The van der Waals surface area contributed by atoms with E-state index in [2.05, 4.69) is 27.8 Å². The molecule has 0 aliphatic carbocycles. The summed E-state index contributed by atoms with van der Waals surface area (Å²) in [4.78, 5) is 32.5. The second kappa shape index (κ2) is 10.0. The van der Waals surface area contributed by atoms with Crippen molar-refractivity contribution >= 4 is 29.7 Å². The number of carbonyl (C=O) groups excluding carboxylic acids is 2. The summed E-state index contributed by atoms with van der Waals surface area (Å²) >= 11 is 0. The standard InChI is InChI=1S/C22H30N6O2/c1-4-5-6-10-15-28-18-19(27(3)22(30)24-20(18)29)23-21(28)26-25-16(2)13-14-17-11-8-7-9-12-17/h7-9,11-14,18-19H,4-6,10,15H2,1-3H3,(H,23,26)(H,24,29,30)/b14-13+,25-16-. The van der Waals surface area contributed by atoms with Crippen LogP contribution in [0.1, 0.15) is 45.1 Å². The highest BCUT2D eigenvalue weighted by atomic mass is 16.2. The topological polar surface area (TPSA) is 89.4 Å². The maximum atomic E-state index is 12.5. The van der Waals surface area contributed by atoms with Crippen LogP contribution in [0.5, 0.6) is 0 Å². The zero-order valence-electron chi connectivity index (χ0n) is 17.8. The molecule has 0 bridgehead atoms. The van der Waals surface area contributed by atoms with Crippen LogP contribution in [-0.4, -0.2) is 59.2 Å². The highest BCUT2D eigenvalue weighted by Gasteiger charge is 2.48. The molecular formula is C22H30N6O2. The van der Waals surface area contributed by atoms with Crippen LogP contribution in [-0.2, 0) is 4.79 Å². The van der Waals surface area contributed by atoms with Crippen molar-refractivity contribution in [3.63, 3.8) is 0 Å². The number of rotatable bonds is 8. The number of likely N-dealkylation sites (N-methyl/N-ethyl adjacent to an activating group) is 1. The van der Waals surface area contributed by atoms with Crippen molar-refractivity contribution in [1.29, 1.82) is 0 Å². The van der Waals surface area contributed by atoms with E-state index < -0.39 is 18.2 Å². The number of benzene rings is 1. The van der Waals surface area contributed by atoms with Gasteiger partial charge in [0.1, 0.15) is 0 Å². The molecule has 2 aliphatic heterocycles. The molecule has 1 aromatic rings. The molecule has 1 aromatic carbocycles. The van der Waals surface area contributed by atoms with Gasteiger partial charge in [-0.3, -0.25) is 10.1 Å². The average molecular weight is 411 g/mol. The SMILES string of the molecule is CCCCCCN1C(N/N=C(C)\C=C\c2ccccc2)=NC2C1C(=O)NC(=O)N2C. The van der Waals surface area contributed by atoms with Crippen LogP contribution in [0.3, 0.4) is 0 Å². The maximum absolute atomic E-state index is 12.5. The summed E-state index contributed by atoms with van der Waals surface area (Å²) < 4.78 is 0. The van der Waals surface area contributed by atoms with Crippen LogP contribution in [0.25, 0.3) is 6.08 Å². The van der Waals surface area contributed by atoms with Gasteiger partial charge in [-0.1, -0.05) is 62.6 Å². The van der Waals surface area contributed by atoms with Crippen molar-refractivity contribution in [3.8, 4) is 0 Å². The Morgan fingerprint density at radius 3 is 2.73 bits per heavy atom. The van der Waals surface area contributed by atoms with Gasteiger partial charge in [0.2, 0.25) is 5.96 Å². The number of allylic oxidation sites excluding steroid dienone is 1. The number of urea groups is 1. The van der Waals surface area contributed by atoms with Crippen LogP contribution < -0.4 is 10.7 Å². The maximum Gasteiger partial charge on any atom is 0.325 e. The molecule has 3 rings (SSSR count). The number of nitrogens with one attached hydrogen (secondary N) is 2. The molecule has 1 fully saturated rings. The number of carbonyl (C=O) groups is 2. The number of hydrogen-bond donors (Lipinski definition) is 2. The van der Waals surface area contributed by atoms with Gasteiger partial charge in [-0.15, -0.1) is 0 Å². The zero-order chi connectivity index (χ0) is 21.5. The van der Waals surface area contributed by atoms with E-state index in [0.29, 0.717) is 12.5 Å². The van der Waals surface area contributed by atoms with Gasteiger partial charge in [-0.05, 0) is 25.0 Å². The molecule has 0 spiro atoms. The average Bonchev–Trinajstić information content (AvgIpc) is 3.12. The number of aliphatic imine (C=N–C) groups is 1. The molecule has 3 amide bonds. The molecule has 0 aromatic heterocycles. The third-order valence-corrected chi connectivity index (χ3v) is 5.26. The van der Waals surface area contributed by atoms with Gasteiger partial charge in [0, 0.05) is 13.6 Å². The minimum atomic E-state index is -0.546. The summed E-state index contributed by atoms with van der Waals surface area (Å²) in [7, 11) is 1.65. The third kappa shape index (κ3) is 5.06. The fourth-order valence-corrected chi connectivity index (χ4v) is 3.53. The van der Waals surface area contributed by atoms with E-state index >= 15 is 0 Å². The van der Waals surface area contributed by atoms with Crippen LogP contribution >= 0.6 is 0 Å². The van der Waals surface area contributed by atoms with Crippen molar-refractivity contribution in [2.24, 2.45) is 10.1 Å². The van der Waals surface area contributed by atoms with Crippen molar-refractivity contribution in [2.75, 3.05) is 13.6 Å². The molecule has 0 saturated carbocycles. The molecule has 8 heteroatoms. The first-order chi connectivity index (χ1) is 14.5. The Morgan fingerprint density at radius 1 is 1.23 bits per heavy atom. The van der Waals surface area contributed by atoms with Gasteiger partial charge >= 0.3 is 6.03 Å². The molecule has 2 N–H and O–H groups in total. The molecule has 30 heavy (non-hydrogen) atoms. The van der Waals surface area contributed by atoms with Gasteiger partial charge in [0.15, 0.2) is 12.2 Å². The van der Waals surface area contributed by atoms with Crippen molar-refractivity contribution in [1.82, 2.24) is 20.5 Å². The molecular weight excluding hydrogens is 380 g/mol. The second-order valence-corrected chi connectivity index (χ2v) is 7.58. The quantitative estimate of drug-likeness (QED) is 0.392. The predicted octanol–water partition coefficient (Wildman–Crippen LogP) is 2.79. The normalized spacial score (nSPS) is 21.7. The molecule has 2 aliphatic rings. The van der Waals surface area contributed by atoms with E-state index in [1.165, 1.54) is 4.90 Å². The summed E-state index contributed by atoms with van der Waals surface area (Å²) in [6.45, 7) is 4.73. The van der Waals surface area contributed by atoms with Gasteiger partial charge in [-0.25, -0.2) is 15.2 Å². The van der Waals surface area contributed by atoms with Gasteiger partial charge in [-0.2, -0.15) is 5.10 Å². The van der Waals surface area contributed by atoms with Crippen LogP contribution in [0, 0.1) is 0 Å². The summed E-state index contributed by atoms with van der Waals surface area (Å²) in [5.41, 5.74) is 4.88.